The van der Waals surface area contributed by atoms with E-state index in [9.17, 15) is 4.79 Å². The maximum Gasteiger partial charge on any atom is 0.231 e. The fourth-order valence-electron chi connectivity index (χ4n) is 1.74. The number of amides is 1. The number of nitrogens with one attached hydrogen (secondary N) is 1. The third kappa shape index (κ3) is 2.40. The van der Waals surface area contributed by atoms with Crippen LogP contribution >= 0.6 is 0 Å². The summed E-state index contributed by atoms with van der Waals surface area (Å²) in [6.45, 7) is 2.00. The molecule has 0 aliphatic heterocycles. The lowest BCUT2D eigenvalue weighted by Crippen LogP contribution is -2.30. The summed E-state index contributed by atoms with van der Waals surface area (Å²) in [7, 11) is 0. The molecule has 1 aromatic rings. The van der Waals surface area contributed by atoms with Gasteiger partial charge in [-0.25, -0.2) is 0 Å². The van der Waals surface area contributed by atoms with Crippen LogP contribution in [0.2, 0.25) is 0 Å². The highest BCUT2D eigenvalue weighted by Gasteiger charge is 2.16. The summed E-state index contributed by atoms with van der Waals surface area (Å²) in [5.41, 5.74) is 1.13. The van der Waals surface area contributed by atoms with E-state index >= 15 is 0 Å². The number of hydrogen-bond donors (Lipinski definition) is 1. The molecular weight excluding hydrogens is 198 g/mol. The summed E-state index contributed by atoms with van der Waals surface area (Å²) in [6.07, 6.45) is 7.59. The lowest BCUT2D eigenvalue weighted by atomic mass is 10.1. The highest BCUT2D eigenvalue weighted by molar-refractivity contribution is 5.83. The van der Waals surface area contributed by atoms with Gasteiger partial charge in [0.15, 0.2) is 0 Å². The van der Waals surface area contributed by atoms with Crippen molar-refractivity contribution < 1.29 is 4.79 Å². The summed E-state index contributed by atoms with van der Waals surface area (Å²) in [5.74, 6) is -0.0486. The molecular formula is C14H15NO. The van der Waals surface area contributed by atoms with Crippen LogP contribution < -0.4 is 5.32 Å². The number of rotatable bonds is 3. The quantitative estimate of drug-likeness (QED) is 0.821. The van der Waals surface area contributed by atoms with Crippen molar-refractivity contribution in [3.63, 3.8) is 0 Å². The number of carbonyl (C=O) groups is 1. The predicted octanol–water partition coefficient (Wildman–Crippen LogP) is 2.61. The molecule has 0 fully saturated rings. The van der Waals surface area contributed by atoms with Gasteiger partial charge in [0.05, 0.1) is 12.0 Å². The van der Waals surface area contributed by atoms with Crippen LogP contribution in [0.5, 0.6) is 0 Å². The van der Waals surface area contributed by atoms with Crippen molar-refractivity contribution in [3.8, 4) is 0 Å². The Morgan fingerprint density at radius 2 is 1.81 bits per heavy atom. The minimum Gasteiger partial charge on any atom is -0.349 e. The third-order valence-corrected chi connectivity index (χ3v) is 2.71. The van der Waals surface area contributed by atoms with Gasteiger partial charge in [-0.05, 0) is 12.5 Å². The predicted molar refractivity (Wildman–Crippen MR) is 64.8 cm³/mol. The second-order valence-corrected chi connectivity index (χ2v) is 3.94. The van der Waals surface area contributed by atoms with Gasteiger partial charge in [0, 0.05) is 0 Å². The second-order valence-electron chi connectivity index (χ2n) is 3.94. The molecule has 0 saturated carbocycles. The lowest BCUT2D eigenvalue weighted by Gasteiger charge is -2.15. The molecule has 2 rings (SSSR count). The second kappa shape index (κ2) is 4.79. The van der Waals surface area contributed by atoms with Gasteiger partial charge in [0.1, 0.15) is 0 Å². The van der Waals surface area contributed by atoms with Crippen molar-refractivity contribution in [2.75, 3.05) is 0 Å². The van der Waals surface area contributed by atoms with Crippen LogP contribution in [-0.2, 0) is 4.79 Å². The zero-order chi connectivity index (χ0) is 11.4. The number of hydrogen-bond acceptors (Lipinski definition) is 1. The normalized spacial score (nSPS) is 16.3. The van der Waals surface area contributed by atoms with Crippen molar-refractivity contribution >= 4 is 5.91 Å². The van der Waals surface area contributed by atoms with Crippen LogP contribution in [-0.4, -0.2) is 5.91 Å². The lowest BCUT2D eigenvalue weighted by molar-refractivity contribution is -0.123. The summed E-state index contributed by atoms with van der Waals surface area (Å²) in [5, 5.41) is 3.00. The molecule has 0 heterocycles. The first-order valence-corrected chi connectivity index (χ1v) is 5.47. The molecule has 2 heteroatoms. The van der Waals surface area contributed by atoms with E-state index in [-0.39, 0.29) is 17.9 Å². The van der Waals surface area contributed by atoms with Crippen molar-refractivity contribution in [1.82, 2.24) is 5.32 Å². The topological polar surface area (TPSA) is 29.1 Å². The first kappa shape index (κ1) is 10.7. The van der Waals surface area contributed by atoms with Gasteiger partial charge in [0.2, 0.25) is 5.91 Å². The van der Waals surface area contributed by atoms with Gasteiger partial charge >= 0.3 is 0 Å². The Morgan fingerprint density at radius 3 is 2.44 bits per heavy atom. The van der Waals surface area contributed by atoms with Gasteiger partial charge in [-0.15, -0.1) is 0 Å². The molecule has 0 aromatic heterocycles. The minimum atomic E-state index is -0.105. The average Bonchev–Trinajstić information content (AvgIpc) is 2.83. The molecule has 1 aliphatic rings. The summed E-state index contributed by atoms with van der Waals surface area (Å²) >= 11 is 0. The van der Waals surface area contributed by atoms with E-state index in [2.05, 4.69) is 5.32 Å². The van der Waals surface area contributed by atoms with Crippen molar-refractivity contribution in [1.29, 1.82) is 0 Å². The van der Waals surface area contributed by atoms with Crippen LogP contribution in [0, 0.1) is 5.92 Å². The molecule has 0 bridgehead atoms. The molecule has 1 amide bonds. The largest absolute Gasteiger partial charge is 0.349 e. The van der Waals surface area contributed by atoms with E-state index in [0.717, 1.165) is 5.56 Å². The Morgan fingerprint density at radius 1 is 1.19 bits per heavy atom. The maximum atomic E-state index is 11.8. The fraction of sp³-hybridized carbons (Fsp3) is 0.214. The molecule has 0 unspecified atom stereocenters. The Balaban J connectivity index is 1.97. The van der Waals surface area contributed by atoms with Gasteiger partial charge in [-0.1, -0.05) is 54.6 Å². The van der Waals surface area contributed by atoms with Crippen molar-refractivity contribution in [2.45, 2.75) is 13.0 Å². The van der Waals surface area contributed by atoms with E-state index in [1.54, 1.807) is 0 Å². The molecule has 82 valence electrons. The Bertz CT molecular complexity index is 408. The number of benzene rings is 1. The van der Waals surface area contributed by atoms with Crippen molar-refractivity contribution in [3.05, 3.63) is 60.2 Å². The first-order valence-electron chi connectivity index (χ1n) is 5.47. The van der Waals surface area contributed by atoms with E-state index in [1.807, 2.05) is 61.6 Å². The average molecular weight is 213 g/mol. The van der Waals surface area contributed by atoms with Crippen LogP contribution in [0.1, 0.15) is 18.5 Å². The van der Waals surface area contributed by atoms with Gasteiger partial charge in [-0.3, -0.25) is 4.79 Å². The zero-order valence-corrected chi connectivity index (χ0v) is 9.26. The van der Waals surface area contributed by atoms with E-state index < -0.39 is 0 Å². The maximum absolute atomic E-state index is 11.8. The molecule has 0 spiro atoms. The van der Waals surface area contributed by atoms with E-state index in [4.69, 9.17) is 0 Å². The van der Waals surface area contributed by atoms with Gasteiger partial charge < -0.3 is 5.32 Å². The van der Waals surface area contributed by atoms with Crippen molar-refractivity contribution in [2.24, 2.45) is 5.92 Å². The SMILES string of the molecule is C[C@@H](NC(=O)C1C=CC=C1)c1ccccc1. The zero-order valence-electron chi connectivity index (χ0n) is 9.26. The summed E-state index contributed by atoms with van der Waals surface area (Å²) in [6, 6.07) is 10.0. The minimum absolute atomic E-state index is 0.0519. The highest BCUT2D eigenvalue weighted by Crippen LogP contribution is 2.14. The Kier molecular flexibility index (Phi) is 3.20. The van der Waals surface area contributed by atoms with Gasteiger partial charge in [-0.2, -0.15) is 0 Å². The number of carbonyl (C=O) groups excluding carboxylic acids is 1. The highest BCUT2D eigenvalue weighted by atomic mass is 16.1. The van der Waals surface area contributed by atoms with Crippen LogP contribution in [0.3, 0.4) is 0 Å². The third-order valence-electron chi connectivity index (χ3n) is 2.71. The molecule has 16 heavy (non-hydrogen) atoms. The molecule has 1 atom stereocenters. The van der Waals surface area contributed by atoms with Crippen LogP contribution in [0.4, 0.5) is 0 Å². The van der Waals surface area contributed by atoms with Gasteiger partial charge in [0.25, 0.3) is 0 Å². The van der Waals surface area contributed by atoms with E-state index in [0.29, 0.717) is 0 Å². The molecule has 1 aliphatic carbocycles. The van der Waals surface area contributed by atoms with Crippen LogP contribution in [0.25, 0.3) is 0 Å². The number of allylic oxidation sites excluding steroid dienone is 2. The molecule has 0 radical (unpaired) electrons. The summed E-state index contributed by atoms with van der Waals surface area (Å²) < 4.78 is 0. The molecule has 0 saturated heterocycles. The molecule has 1 N–H and O–H groups in total. The smallest absolute Gasteiger partial charge is 0.231 e. The molecule has 2 nitrogen and oxygen atoms in total. The first-order chi connectivity index (χ1) is 7.77. The standard InChI is InChI=1S/C14H15NO/c1-11(12-7-3-2-4-8-12)15-14(16)13-9-5-6-10-13/h2-11,13H,1H3,(H,15,16)/t11-/m1/s1. The van der Waals surface area contributed by atoms with Crippen LogP contribution in [0.15, 0.2) is 54.6 Å². The fourth-order valence-corrected chi connectivity index (χ4v) is 1.74. The Labute approximate surface area is 95.7 Å². The monoisotopic (exact) mass is 213 g/mol. The molecule has 1 aromatic carbocycles. The Hall–Kier alpha value is -1.83. The summed E-state index contributed by atoms with van der Waals surface area (Å²) in [4.78, 5) is 11.8. The van der Waals surface area contributed by atoms with E-state index in [1.165, 1.54) is 0 Å².